The molecule has 2 amide bonds. The van der Waals surface area contributed by atoms with Gasteiger partial charge >= 0.3 is 0 Å². The van der Waals surface area contributed by atoms with E-state index in [2.05, 4.69) is 15.6 Å². The van der Waals surface area contributed by atoms with Gasteiger partial charge in [0.25, 0.3) is 0 Å². The number of aromatic nitrogens is 3. The van der Waals surface area contributed by atoms with Gasteiger partial charge in [-0.05, 0) is 60.4 Å². The Morgan fingerprint density at radius 1 is 1.02 bits per heavy atom. The third-order valence-corrected chi connectivity index (χ3v) is 7.91. The van der Waals surface area contributed by atoms with Crippen LogP contribution in [0.3, 0.4) is 0 Å². The highest BCUT2D eigenvalue weighted by molar-refractivity contribution is 5.89. The van der Waals surface area contributed by atoms with Gasteiger partial charge in [-0.25, -0.2) is 4.68 Å². The summed E-state index contributed by atoms with van der Waals surface area (Å²) in [4.78, 5) is 30.1. The first-order valence-corrected chi connectivity index (χ1v) is 14.6. The highest BCUT2D eigenvalue weighted by atomic mass is 16.7. The number of ether oxygens (including phenoxy) is 6. The number of hydrogen-bond acceptors (Lipinski definition) is 10. The fraction of sp³-hybridized carbons (Fsp3) is 0.375. The molecule has 1 aromatic heterocycles. The van der Waals surface area contributed by atoms with Crippen LogP contribution in [0, 0.1) is 0 Å². The minimum absolute atomic E-state index is 0.0662. The molecule has 1 N–H and O–H groups in total. The molecule has 4 aromatic rings. The van der Waals surface area contributed by atoms with Gasteiger partial charge in [-0.2, -0.15) is 0 Å². The quantitative estimate of drug-likeness (QED) is 0.252. The predicted octanol–water partition coefficient (Wildman–Crippen LogP) is 3.25. The molecule has 0 aliphatic carbocycles. The fourth-order valence-corrected chi connectivity index (χ4v) is 5.66. The van der Waals surface area contributed by atoms with Gasteiger partial charge < -0.3 is 38.6 Å². The van der Waals surface area contributed by atoms with Gasteiger partial charge in [-0.3, -0.25) is 9.59 Å². The average molecular weight is 618 g/mol. The first-order chi connectivity index (χ1) is 22.0. The van der Waals surface area contributed by atoms with E-state index < -0.39 is 11.9 Å². The van der Waals surface area contributed by atoms with Gasteiger partial charge in [-0.15, -0.1) is 5.10 Å². The molecule has 13 heteroatoms. The van der Waals surface area contributed by atoms with Crippen molar-refractivity contribution in [3.8, 4) is 28.7 Å². The minimum atomic E-state index is -1.10. The summed E-state index contributed by atoms with van der Waals surface area (Å²) in [6, 6.07) is 15.1. The second-order valence-corrected chi connectivity index (χ2v) is 10.7. The molecule has 236 valence electrons. The van der Waals surface area contributed by atoms with E-state index in [4.69, 9.17) is 28.4 Å². The molecule has 13 nitrogen and oxygen atoms in total. The van der Waals surface area contributed by atoms with Crippen LogP contribution in [-0.2, 0) is 27.4 Å². The molecular weight excluding hydrogens is 582 g/mol. The van der Waals surface area contributed by atoms with Crippen molar-refractivity contribution in [2.45, 2.75) is 38.1 Å². The monoisotopic (exact) mass is 617 g/mol. The fourth-order valence-electron chi connectivity index (χ4n) is 5.66. The van der Waals surface area contributed by atoms with Crippen molar-refractivity contribution in [3.63, 3.8) is 0 Å². The highest BCUT2D eigenvalue weighted by Gasteiger charge is 2.35. The Kier molecular flexibility index (Phi) is 8.87. The van der Waals surface area contributed by atoms with E-state index in [0.717, 1.165) is 18.4 Å². The van der Waals surface area contributed by atoms with Crippen molar-refractivity contribution in [2.24, 2.45) is 0 Å². The van der Waals surface area contributed by atoms with Crippen molar-refractivity contribution in [3.05, 3.63) is 65.7 Å². The smallest absolute Gasteiger partial charge is 0.247 e. The molecule has 1 fully saturated rings. The van der Waals surface area contributed by atoms with Crippen molar-refractivity contribution in [1.82, 2.24) is 25.2 Å². The molecule has 3 aromatic carbocycles. The highest BCUT2D eigenvalue weighted by Crippen LogP contribution is 2.41. The number of amides is 2. The molecule has 2 aliphatic heterocycles. The van der Waals surface area contributed by atoms with Crippen LogP contribution in [-0.4, -0.2) is 79.1 Å². The number of fused-ring (bicyclic) bond motifs is 2. The number of nitrogens with zero attached hydrogens (tertiary/aromatic N) is 4. The third kappa shape index (κ3) is 6.29. The van der Waals surface area contributed by atoms with Crippen molar-refractivity contribution >= 4 is 22.8 Å². The Labute approximate surface area is 259 Å². The number of para-hydroxylation sites is 1. The summed E-state index contributed by atoms with van der Waals surface area (Å²) in [7, 11) is 4.50. The number of carbonyl (C=O) groups excluding carboxylic acids is 2. The normalized spacial score (nSPS) is 15.9. The lowest BCUT2D eigenvalue weighted by Crippen LogP contribution is -2.46. The van der Waals surface area contributed by atoms with Crippen molar-refractivity contribution in [2.75, 3.05) is 41.3 Å². The number of carbonyl (C=O) groups is 2. The van der Waals surface area contributed by atoms with Crippen molar-refractivity contribution < 1.29 is 38.0 Å². The number of rotatable bonds is 12. The van der Waals surface area contributed by atoms with E-state index in [9.17, 15) is 9.59 Å². The Hall–Kier alpha value is -5.04. The summed E-state index contributed by atoms with van der Waals surface area (Å²) in [6.45, 7) is 0.971. The van der Waals surface area contributed by atoms with E-state index in [1.165, 1.54) is 30.9 Å². The summed E-state index contributed by atoms with van der Waals surface area (Å²) in [5, 5.41) is 11.5. The topological polar surface area (TPSA) is 136 Å². The average Bonchev–Trinajstić information content (AvgIpc) is 3.84. The molecule has 1 saturated heterocycles. The maximum Gasteiger partial charge on any atom is 0.247 e. The van der Waals surface area contributed by atoms with Crippen LogP contribution >= 0.6 is 0 Å². The summed E-state index contributed by atoms with van der Waals surface area (Å²) < 4.78 is 35.1. The molecule has 0 unspecified atom stereocenters. The van der Waals surface area contributed by atoms with Crippen molar-refractivity contribution in [1.29, 1.82) is 0 Å². The second-order valence-electron chi connectivity index (χ2n) is 10.7. The molecule has 0 spiro atoms. The Morgan fingerprint density at radius 2 is 1.80 bits per heavy atom. The van der Waals surface area contributed by atoms with E-state index in [-0.39, 0.29) is 31.9 Å². The van der Waals surface area contributed by atoms with Crippen LogP contribution in [0.2, 0.25) is 0 Å². The van der Waals surface area contributed by atoms with Crippen LogP contribution in [0.15, 0.2) is 54.6 Å². The molecule has 3 heterocycles. The van der Waals surface area contributed by atoms with Gasteiger partial charge in [0.15, 0.2) is 23.0 Å². The number of benzene rings is 3. The lowest BCUT2D eigenvalue weighted by Gasteiger charge is -2.32. The maximum atomic E-state index is 14.4. The molecule has 0 radical (unpaired) electrons. The number of nitrogens with one attached hydrogen (secondary N) is 1. The molecule has 2 aliphatic rings. The molecule has 6 rings (SSSR count). The zero-order valence-corrected chi connectivity index (χ0v) is 25.4. The molecule has 45 heavy (non-hydrogen) atoms. The largest absolute Gasteiger partial charge is 0.493 e. The number of methoxy groups -OCH3 is 3. The van der Waals surface area contributed by atoms with Crippen LogP contribution in [0.1, 0.15) is 30.0 Å². The van der Waals surface area contributed by atoms with Gasteiger partial charge in [0, 0.05) is 19.7 Å². The van der Waals surface area contributed by atoms with Gasteiger partial charge in [-0.1, -0.05) is 23.4 Å². The lowest BCUT2D eigenvalue weighted by atomic mass is 10.0. The van der Waals surface area contributed by atoms with Crippen LogP contribution < -0.4 is 29.0 Å². The van der Waals surface area contributed by atoms with Gasteiger partial charge in [0.2, 0.25) is 24.4 Å². The summed E-state index contributed by atoms with van der Waals surface area (Å²) in [5.74, 6) is 1.48. The molecule has 2 atom stereocenters. The summed E-state index contributed by atoms with van der Waals surface area (Å²) >= 11 is 0. The van der Waals surface area contributed by atoms with E-state index in [1.54, 1.807) is 18.2 Å². The lowest BCUT2D eigenvalue weighted by molar-refractivity contribution is -0.142. The van der Waals surface area contributed by atoms with E-state index in [1.807, 2.05) is 36.4 Å². The second kappa shape index (κ2) is 13.3. The maximum absolute atomic E-state index is 14.4. The SMILES string of the molecule is COc1cc([C@H](C(=O)NC[C@H]2CCCO2)N(Cc2ccc3c(c2)OCO3)C(=O)Cn2nnc3ccccc32)cc(OC)c1OC. The van der Waals surface area contributed by atoms with Crippen LogP contribution in [0.4, 0.5) is 0 Å². The minimum Gasteiger partial charge on any atom is -0.493 e. The summed E-state index contributed by atoms with van der Waals surface area (Å²) in [6.07, 6.45) is 1.67. The van der Waals surface area contributed by atoms with Crippen LogP contribution in [0.25, 0.3) is 11.0 Å². The molecule has 0 saturated carbocycles. The summed E-state index contributed by atoms with van der Waals surface area (Å²) in [5.41, 5.74) is 2.55. The van der Waals surface area contributed by atoms with Crippen LogP contribution in [0.5, 0.6) is 28.7 Å². The standard InChI is InChI=1S/C32H35N5O8/c1-40-27-14-21(15-28(41-2)31(27)42-3)30(32(39)33-16-22-7-6-12-43-22)36(17-20-10-11-25-26(13-20)45-19-44-25)29(38)18-37-24-9-5-4-8-23(24)34-35-37/h4-5,8-11,13-15,22,30H,6-7,12,16-19H2,1-3H3,(H,33,39)/t22-,30-/m1/s1. The first kappa shape index (κ1) is 30.0. The van der Waals surface area contributed by atoms with Gasteiger partial charge in [0.1, 0.15) is 18.1 Å². The zero-order valence-electron chi connectivity index (χ0n) is 25.4. The van der Waals surface area contributed by atoms with E-state index >= 15 is 0 Å². The predicted molar refractivity (Wildman–Crippen MR) is 161 cm³/mol. The molecule has 0 bridgehead atoms. The van der Waals surface area contributed by atoms with Gasteiger partial charge in [0.05, 0.1) is 33.0 Å². The Bertz CT molecular complexity index is 1660. The van der Waals surface area contributed by atoms with E-state index in [0.29, 0.717) is 58.5 Å². The zero-order chi connectivity index (χ0) is 31.3. The number of hydrogen-bond donors (Lipinski definition) is 1. The first-order valence-electron chi connectivity index (χ1n) is 14.6. The Balaban J connectivity index is 1.43. The molecular formula is C32H35N5O8. The third-order valence-electron chi connectivity index (χ3n) is 7.91. The Morgan fingerprint density at radius 3 is 2.53 bits per heavy atom.